The Morgan fingerprint density at radius 3 is 2.64 bits per heavy atom. The number of nitrogens with zero attached hydrogens (tertiary/aromatic N) is 3. The van der Waals surface area contributed by atoms with Crippen molar-refractivity contribution in [1.29, 1.82) is 5.26 Å². The van der Waals surface area contributed by atoms with E-state index in [2.05, 4.69) is 23.2 Å². The summed E-state index contributed by atoms with van der Waals surface area (Å²) in [6, 6.07) is 10.4. The molecule has 0 aliphatic carbocycles. The average Bonchev–Trinajstić information content (AvgIpc) is 3.01. The zero-order chi connectivity index (χ0) is 18.0. The standard InChI is InChI=1S/C19H23N5O/c1-4-5-6-15-17-16(12-7-9-13(10-8-12)24(2)3)14(11-20)18(21)25-19(17)23-22-15/h7-10,16H,4-6,21H2,1-3H3,(H,22,23)/t16-/m1/s1. The largest absolute Gasteiger partial charge is 0.420 e. The summed E-state index contributed by atoms with van der Waals surface area (Å²) in [5.41, 5.74) is 10.5. The van der Waals surface area contributed by atoms with Crippen LogP contribution in [0, 0.1) is 11.3 Å². The molecule has 1 aromatic carbocycles. The molecule has 0 unspecified atom stereocenters. The Balaban J connectivity index is 2.09. The van der Waals surface area contributed by atoms with Crippen LogP contribution >= 0.6 is 0 Å². The van der Waals surface area contributed by atoms with E-state index in [1.54, 1.807) is 0 Å². The molecule has 0 spiro atoms. The van der Waals surface area contributed by atoms with Crippen LogP contribution in [-0.2, 0) is 6.42 Å². The van der Waals surface area contributed by atoms with Crippen LogP contribution in [0.25, 0.3) is 0 Å². The van der Waals surface area contributed by atoms with Crippen LogP contribution < -0.4 is 15.4 Å². The first-order valence-corrected chi connectivity index (χ1v) is 8.48. The van der Waals surface area contributed by atoms with Crippen LogP contribution in [0.1, 0.15) is 42.5 Å². The lowest BCUT2D eigenvalue weighted by molar-refractivity contribution is 0.378. The van der Waals surface area contributed by atoms with Gasteiger partial charge in [0.15, 0.2) is 0 Å². The summed E-state index contributed by atoms with van der Waals surface area (Å²) in [6.07, 6.45) is 3.00. The van der Waals surface area contributed by atoms with Crippen molar-refractivity contribution in [3.63, 3.8) is 0 Å². The summed E-state index contributed by atoms with van der Waals surface area (Å²) < 4.78 is 5.59. The van der Waals surface area contributed by atoms with Crippen LogP contribution in [0.2, 0.25) is 0 Å². The van der Waals surface area contributed by atoms with E-state index in [1.165, 1.54) is 0 Å². The second-order valence-electron chi connectivity index (χ2n) is 6.44. The van der Waals surface area contributed by atoms with Gasteiger partial charge < -0.3 is 15.4 Å². The van der Waals surface area contributed by atoms with Gasteiger partial charge in [-0.1, -0.05) is 25.5 Å². The van der Waals surface area contributed by atoms with Gasteiger partial charge in [0, 0.05) is 31.0 Å². The number of hydrogen-bond acceptors (Lipinski definition) is 5. The van der Waals surface area contributed by atoms with Gasteiger partial charge in [-0.25, -0.2) is 0 Å². The topological polar surface area (TPSA) is 91.0 Å². The number of hydrogen-bond donors (Lipinski definition) is 2. The number of nitrogens with one attached hydrogen (secondary N) is 1. The van der Waals surface area contributed by atoms with Gasteiger partial charge in [-0.2, -0.15) is 5.26 Å². The second kappa shape index (κ2) is 6.89. The molecule has 1 aliphatic rings. The zero-order valence-electron chi connectivity index (χ0n) is 14.8. The lowest BCUT2D eigenvalue weighted by Crippen LogP contribution is -2.21. The number of fused-ring (bicyclic) bond motifs is 1. The molecule has 6 heteroatoms. The minimum atomic E-state index is -0.254. The fraction of sp³-hybridized carbons (Fsp3) is 0.368. The lowest BCUT2D eigenvalue weighted by atomic mass is 9.83. The Hall–Kier alpha value is -2.94. The van der Waals surface area contributed by atoms with Crippen molar-refractivity contribution in [3.05, 3.63) is 52.5 Å². The van der Waals surface area contributed by atoms with Gasteiger partial charge in [0.1, 0.15) is 11.6 Å². The molecule has 0 radical (unpaired) electrons. The maximum absolute atomic E-state index is 9.66. The van der Waals surface area contributed by atoms with E-state index in [0.29, 0.717) is 11.5 Å². The number of H-pyrrole nitrogens is 1. The normalized spacial score (nSPS) is 16.2. The molecule has 0 amide bonds. The third-order valence-electron chi connectivity index (χ3n) is 4.54. The van der Waals surface area contributed by atoms with Crippen molar-refractivity contribution in [1.82, 2.24) is 10.2 Å². The first kappa shape index (κ1) is 16.9. The highest BCUT2D eigenvalue weighted by atomic mass is 16.5. The van der Waals surface area contributed by atoms with Crippen molar-refractivity contribution < 1.29 is 4.74 Å². The first-order valence-electron chi connectivity index (χ1n) is 8.48. The number of allylic oxidation sites excluding steroid dienone is 1. The summed E-state index contributed by atoms with van der Waals surface area (Å²) >= 11 is 0. The summed E-state index contributed by atoms with van der Waals surface area (Å²) in [5, 5.41) is 17.0. The second-order valence-corrected chi connectivity index (χ2v) is 6.44. The minimum absolute atomic E-state index is 0.130. The molecule has 2 heterocycles. The highest BCUT2D eigenvalue weighted by Gasteiger charge is 2.34. The predicted molar refractivity (Wildman–Crippen MR) is 97.3 cm³/mol. The number of aromatic amines is 1. The van der Waals surface area contributed by atoms with Gasteiger partial charge in [0.05, 0.1) is 5.92 Å². The molecule has 25 heavy (non-hydrogen) atoms. The predicted octanol–water partition coefficient (Wildman–Crippen LogP) is 3.04. The van der Waals surface area contributed by atoms with Crippen LogP contribution in [0.3, 0.4) is 0 Å². The molecule has 6 nitrogen and oxygen atoms in total. The number of nitriles is 1. The summed E-state index contributed by atoms with van der Waals surface area (Å²) in [6.45, 7) is 2.15. The Morgan fingerprint density at radius 1 is 1.32 bits per heavy atom. The molecule has 0 saturated carbocycles. The van der Waals surface area contributed by atoms with E-state index in [0.717, 1.165) is 41.8 Å². The SMILES string of the molecule is CCCCc1[nH]nc2c1[C@H](c1ccc(N(C)C)cc1)C(C#N)=C(N)O2. The van der Waals surface area contributed by atoms with Crippen molar-refractivity contribution in [2.24, 2.45) is 5.73 Å². The van der Waals surface area contributed by atoms with Gasteiger partial charge in [-0.05, 0) is 30.5 Å². The fourth-order valence-corrected chi connectivity index (χ4v) is 3.15. The van der Waals surface area contributed by atoms with Gasteiger partial charge >= 0.3 is 0 Å². The van der Waals surface area contributed by atoms with Crippen molar-refractivity contribution in [2.75, 3.05) is 19.0 Å². The quantitative estimate of drug-likeness (QED) is 0.875. The molecule has 0 fully saturated rings. The van der Waals surface area contributed by atoms with E-state index in [-0.39, 0.29) is 11.8 Å². The van der Waals surface area contributed by atoms with Crippen molar-refractivity contribution in [3.8, 4) is 11.9 Å². The van der Waals surface area contributed by atoms with Gasteiger partial charge in [-0.15, -0.1) is 5.10 Å². The molecule has 1 aromatic heterocycles. The Bertz CT molecular complexity index is 826. The van der Waals surface area contributed by atoms with E-state index in [4.69, 9.17) is 10.5 Å². The van der Waals surface area contributed by atoms with Crippen LogP contribution in [0.5, 0.6) is 5.88 Å². The van der Waals surface area contributed by atoms with E-state index in [9.17, 15) is 5.26 Å². The molecule has 0 saturated heterocycles. The van der Waals surface area contributed by atoms with Gasteiger partial charge in [0.2, 0.25) is 11.8 Å². The summed E-state index contributed by atoms with van der Waals surface area (Å²) in [7, 11) is 4.00. The summed E-state index contributed by atoms with van der Waals surface area (Å²) in [4.78, 5) is 2.04. The van der Waals surface area contributed by atoms with E-state index >= 15 is 0 Å². The minimum Gasteiger partial charge on any atom is -0.420 e. The maximum Gasteiger partial charge on any atom is 0.244 e. The molecular formula is C19H23N5O. The molecule has 3 N–H and O–H groups in total. The Kier molecular flexibility index (Phi) is 4.66. The molecule has 0 bridgehead atoms. The third kappa shape index (κ3) is 3.05. The average molecular weight is 337 g/mol. The number of ether oxygens (including phenoxy) is 1. The molecule has 3 rings (SSSR count). The van der Waals surface area contributed by atoms with E-state index < -0.39 is 0 Å². The number of rotatable bonds is 5. The van der Waals surface area contributed by atoms with Crippen LogP contribution in [0.15, 0.2) is 35.7 Å². The molecule has 130 valence electrons. The summed E-state index contributed by atoms with van der Waals surface area (Å²) in [5.74, 6) is 0.352. The molecule has 2 aromatic rings. The smallest absolute Gasteiger partial charge is 0.244 e. The monoisotopic (exact) mass is 337 g/mol. The molecular weight excluding hydrogens is 314 g/mol. The van der Waals surface area contributed by atoms with Crippen molar-refractivity contribution >= 4 is 5.69 Å². The van der Waals surface area contributed by atoms with Crippen molar-refractivity contribution in [2.45, 2.75) is 32.1 Å². The molecule has 1 aliphatic heterocycles. The number of benzene rings is 1. The number of nitrogens with two attached hydrogens (primary N) is 1. The number of aromatic nitrogens is 2. The highest BCUT2D eigenvalue weighted by molar-refractivity contribution is 5.57. The van der Waals surface area contributed by atoms with Gasteiger partial charge in [0.25, 0.3) is 0 Å². The number of anilines is 1. The number of aryl methyl sites for hydroxylation is 1. The lowest BCUT2D eigenvalue weighted by Gasteiger charge is -2.24. The Labute approximate surface area is 147 Å². The van der Waals surface area contributed by atoms with E-state index in [1.807, 2.05) is 43.3 Å². The zero-order valence-corrected chi connectivity index (χ0v) is 14.8. The fourth-order valence-electron chi connectivity index (χ4n) is 3.15. The third-order valence-corrected chi connectivity index (χ3v) is 4.54. The van der Waals surface area contributed by atoms with Crippen LogP contribution in [-0.4, -0.2) is 24.3 Å². The first-order chi connectivity index (χ1) is 12.1. The van der Waals surface area contributed by atoms with Crippen LogP contribution in [0.4, 0.5) is 5.69 Å². The highest BCUT2D eigenvalue weighted by Crippen LogP contribution is 2.43. The number of unbranched alkanes of at least 4 members (excludes halogenated alkanes) is 1. The maximum atomic E-state index is 9.66. The molecule has 1 atom stereocenters. The van der Waals surface area contributed by atoms with Gasteiger partial charge in [-0.3, -0.25) is 5.10 Å². The Morgan fingerprint density at radius 2 is 2.04 bits per heavy atom.